The predicted octanol–water partition coefficient (Wildman–Crippen LogP) is 2.95. The van der Waals surface area contributed by atoms with E-state index in [2.05, 4.69) is 0 Å². The van der Waals surface area contributed by atoms with Crippen molar-refractivity contribution in [3.8, 4) is 5.75 Å². The zero-order valence-corrected chi connectivity index (χ0v) is 13.8. The average Bonchev–Trinajstić information content (AvgIpc) is 2.55. The molecule has 1 unspecified atom stereocenters. The van der Waals surface area contributed by atoms with Crippen LogP contribution in [0.3, 0.4) is 0 Å². The number of nitrogens with zero attached hydrogens (tertiary/aromatic N) is 1. The summed E-state index contributed by atoms with van der Waals surface area (Å²) >= 11 is 0. The molecule has 1 fully saturated rings. The van der Waals surface area contributed by atoms with Gasteiger partial charge in [-0.1, -0.05) is 44.2 Å². The number of hydrogen-bond acceptors (Lipinski definition) is 3. The van der Waals surface area contributed by atoms with Gasteiger partial charge < -0.3 is 15.4 Å². The standard InChI is InChI=1S/C18H28N2O2/c1-20(13-15-9-6-10-16(11-15)22-2)18(21)17(19)12-14-7-4-3-5-8-14/h6,9-11,14,17H,3-5,7-8,12-13,19H2,1-2H3. The zero-order valence-electron chi connectivity index (χ0n) is 13.8. The molecule has 1 aliphatic rings. The fourth-order valence-electron chi connectivity index (χ4n) is 3.29. The van der Waals surface area contributed by atoms with Crippen LogP contribution >= 0.6 is 0 Å². The summed E-state index contributed by atoms with van der Waals surface area (Å²) in [6.45, 7) is 0.564. The van der Waals surface area contributed by atoms with Gasteiger partial charge in [-0.2, -0.15) is 0 Å². The lowest BCUT2D eigenvalue weighted by atomic mass is 9.85. The molecule has 0 heterocycles. The Morgan fingerprint density at radius 2 is 2.09 bits per heavy atom. The summed E-state index contributed by atoms with van der Waals surface area (Å²) in [5.41, 5.74) is 7.20. The number of nitrogens with two attached hydrogens (primary N) is 1. The van der Waals surface area contributed by atoms with Gasteiger partial charge in [0.1, 0.15) is 5.75 Å². The van der Waals surface area contributed by atoms with Gasteiger partial charge in [0, 0.05) is 13.6 Å². The van der Waals surface area contributed by atoms with Crippen LogP contribution in [0.5, 0.6) is 5.75 Å². The van der Waals surface area contributed by atoms with Crippen molar-refractivity contribution in [3.63, 3.8) is 0 Å². The van der Waals surface area contributed by atoms with E-state index < -0.39 is 0 Å². The lowest BCUT2D eigenvalue weighted by molar-refractivity contribution is -0.132. The largest absolute Gasteiger partial charge is 0.497 e. The Labute approximate surface area is 133 Å². The van der Waals surface area contributed by atoms with Gasteiger partial charge in [-0.15, -0.1) is 0 Å². The Hall–Kier alpha value is -1.55. The lowest BCUT2D eigenvalue weighted by Gasteiger charge is -2.27. The molecule has 1 aromatic carbocycles. The molecule has 2 rings (SSSR count). The van der Waals surface area contributed by atoms with E-state index in [1.165, 1.54) is 32.1 Å². The summed E-state index contributed by atoms with van der Waals surface area (Å²) in [6, 6.07) is 7.42. The number of rotatable bonds is 6. The minimum absolute atomic E-state index is 0.0355. The van der Waals surface area contributed by atoms with E-state index in [-0.39, 0.29) is 11.9 Å². The number of amides is 1. The first-order chi connectivity index (χ1) is 10.6. The van der Waals surface area contributed by atoms with E-state index in [1.54, 1.807) is 12.0 Å². The fraction of sp³-hybridized carbons (Fsp3) is 0.611. The summed E-state index contributed by atoms with van der Waals surface area (Å²) in [6.07, 6.45) is 7.16. The van der Waals surface area contributed by atoms with E-state index in [9.17, 15) is 4.79 Å². The lowest BCUT2D eigenvalue weighted by Crippen LogP contribution is -2.42. The van der Waals surface area contributed by atoms with Crippen LogP contribution in [-0.4, -0.2) is 31.0 Å². The molecule has 22 heavy (non-hydrogen) atoms. The van der Waals surface area contributed by atoms with Gasteiger partial charge >= 0.3 is 0 Å². The van der Waals surface area contributed by atoms with Gasteiger partial charge in [-0.05, 0) is 30.0 Å². The van der Waals surface area contributed by atoms with Crippen molar-refractivity contribution >= 4 is 5.91 Å². The summed E-state index contributed by atoms with van der Waals surface area (Å²) in [5, 5.41) is 0. The molecule has 0 saturated heterocycles. The highest BCUT2D eigenvalue weighted by Gasteiger charge is 2.23. The van der Waals surface area contributed by atoms with E-state index in [1.807, 2.05) is 31.3 Å². The van der Waals surface area contributed by atoms with Crippen LogP contribution < -0.4 is 10.5 Å². The third-order valence-corrected chi connectivity index (χ3v) is 4.56. The second-order valence-corrected chi connectivity index (χ2v) is 6.39. The minimum Gasteiger partial charge on any atom is -0.497 e. The summed E-state index contributed by atoms with van der Waals surface area (Å²) < 4.78 is 5.22. The summed E-state index contributed by atoms with van der Waals surface area (Å²) in [7, 11) is 3.47. The molecular formula is C18H28N2O2. The Morgan fingerprint density at radius 1 is 1.36 bits per heavy atom. The molecule has 2 N–H and O–H groups in total. The van der Waals surface area contributed by atoms with E-state index >= 15 is 0 Å². The van der Waals surface area contributed by atoms with Crippen LogP contribution in [0.15, 0.2) is 24.3 Å². The van der Waals surface area contributed by atoms with Crippen molar-refractivity contribution in [2.75, 3.05) is 14.2 Å². The molecule has 1 atom stereocenters. The molecule has 4 nitrogen and oxygen atoms in total. The van der Waals surface area contributed by atoms with Crippen molar-refractivity contribution in [2.24, 2.45) is 11.7 Å². The first-order valence-corrected chi connectivity index (χ1v) is 8.23. The van der Waals surface area contributed by atoms with Crippen LogP contribution in [-0.2, 0) is 11.3 Å². The monoisotopic (exact) mass is 304 g/mol. The van der Waals surface area contributed by atoms with Crippen LogP contribution in [0.25, 0.3) is 0 Å². The fourth-order valence-corrected chi connectivity index (χ4v) is 3.29. The third kappa shape index (κ3) is 4.73. The third-order valence-electron chi connectivity index (χ3n) is 4.56. The molecule has 1 saturated carbocycles. The number of hydrogen-bond donors (Lipinski definition) is 1. The Balaban J connectivity index is 1.87. The molecule has 1 aliphatic carbocycles. The molecule has 0 bridgehead atoms. The van der Waals surface area contributed by atoms with Gasteiger partial charge in [-0.3, -0.25) is 4.79 Å². The van der Waals surface area contributed by atoms with Gasteiger partial charge in [0.05, 0.1) is 13.2 Å². The molecular weight excluding hydrogens is 276 g/mol. The predicted molar refractivity (Wildman–Crippen MR) is 88.6 cm³/mol. The molecule has 0 aliphatic heterocycles. The average molecular weight is 304 g/mol. The van der Waals surface area contributed by atoms with Gasteiger partial charge in [0.25, 0.3) is 0 Å². The molecule has 1 amide bonds. The summed E-state index contributed by atoms with van der Waals surface area (Å²) in [5.74, 6) is 1.47. The highest BCUT2D eigenvalue weighted by atomic mass is 16.5. The topological polar surface area (TPSA) is 55.6 Å². The molecule has 0 spiro atoms. The highest BCUT2D eigenvalue weighted by molar-refractivity contribution is 5.81. The van der Waals surface area contributed by atoms with Crippen molar-refractivity contribution in [1.82, 2.24) is 4.90 Å². The van der Waals surface area contributed by atoms with Crippen molar-refractivity contribution in [1.29, 1.82) is 0 Å². The van der Waals surface area contributed by atoms with Crippen LogP contribution in [0.4, 0.5) is 0 Å². The van der Waals surface area contributed by atoms with Crippen LogP contribution in [0.1, 0.15) is 44.1 Å². The van der Waals surface area contributed by atoms with E-state index in [0.29, 0.717) is 12.5 Å². The smallest absolute Gasteiger partial charge is 0.239 e. The quantitative estimate of drug-likeness (QED) is 0.879. The SMILES string of the molecule is COc1cccc(CN(C)C(=O)C(N)CC2CCCCC2)c1. The minimum atomic E-state index is -0.376. The maximum absolute atomic E-state index is 12.4. The zero-order chi connectivity index (χ0) is 15.9. The Bertz CT molecular complexity index is 484. The van der Waals surface area contributed by atoms with Crippen molar-refractivity contribution in [3.05, 3.63) is 29.8 Å². The number of methoxy groups -OCH3 is 1. The molecule has 4 heteroatoms. The molecule has 1 aromatic rings. The molecule has 0 radical (unpaired) electrons. The number of carbonyl (C=O) groups excluding carboxylic acids is 1. The van der Waals surface area contributed by atoms with Crippen LogP contribution in [0, 0.1) is 5.92 Å². The van der Waals surface area contributed by atoms with Gasteiger partial charge in [0.2, 0.25) is 5.91 Å². The van der Waals surface area contributed by atoms with Crippen molar-refractivity contribution < 1.29 is 9.53 Å². The molecule has 122 valence electrons. The van der Waals surface area contributed by atoms with Gasteiger partial charge in [0.15, 0.2) is 0 Å². The summed E-state index contributed by atoms with van der Waals surface area (Å²) in [4.78, 5) is 14.2. The molecule has 0 aromatic heterocycles. The first-order valence-electron chi connectivity index (χ1n) is 8.23. The second-order valence-electron chi connectivity index (χ2n) is 6.39. The number of benzene rings is 1. The van der Waals surface area contributed by atoms with E-state index in [4.69, 9.17) is 10.5 Å². The second kappa shape index (κ2) is 8.18. The maximum atomic E-state index is 12.4. The first kappa shape index (κ1) is 16.8. The van der Waals surface area contributed by atoms with Gasteiger partial charge in [-0.25, -0.2) is 0 Å². The normalized spacial score (nSPS) is 17.0. The Kier molecular flexibility index (Phi) is 6.25. The van der Waals surface area contributed by atoms with E-state index in [0.717, 1.165) is 17.7 Å². The highest BCUT2D eigenvalue weighted by Crippen LogP contribution is 2.27. The number of ether oxygens (including phenoxy) is 1. The maximum Gasteiger partial charge on any atom is 0.239 e. The Morgan fingerprint density at radius 3 is 2.77 bits per heavy atom. The van der Waals surface area contributed by atoms with Crippen molar-refractivity contribution in [2.45, 2.75) is 51.1 Å². The van der Waals surface area contributed by atoms with Crippen LogP contribution in [0.2, 0.25) is 0 Å². The number of likely N-dealkylation sites (N-methyl/N-ethyl adjacent to an activating group) is 1. The number of carbonyl (C=O) groups is 1.